The first-order chi connectivity index (χ1) is 9.81. The van der Waals surface area contributed by atoms with Gasteiger partial charge in [0.1, 0.15) is 5.54 Å². The quantitative estimate of drug-likeness (QED) is 0.679. The summed E-state index contributed by atoms with van der Waals surface area (Å²) in [5, 5.41) is 11.8. The normalized spacial score (nSPS) is 18.5. The van der Waals surface area contributed by atoms with E-state index < -0.39 is 11.6 Å². The van der Waals surface area contributed by atoms with Crippen molar-refractivity contribution in [3.63, 3.8) is 0 Å². The summed E-state index contributed by atoms with van der Waals surface area (Å²) in [4.78, 5) is 36.6. The first-order valence-electron chi connectivity index (χ1n) is 6.73. The number of imide groups is 1. The Morgan fingerprint density at radius 2 is 2.19 bits per heavy atom. The monoisotopic (exact) mass is 293 g/mol. The summed E-state index contributed by atoms with van der Waals surface area (Å²) in [5.41, 5.74) is -0.0445. The summed E-state index contributed by atoms with van der Waals surface area (Å²) in [6.45, 7) is 5.17. The van der Waals surface area contributed by atoms with Gasteiger partial charge >= 0.3 is 6.03 Å². The molecule has 1 aromatic heterocycles. The van der Waals surface area contributed by atoms with E-state index in [9.17, 15) is 14.4 Å². The van der Waals surface area contributed by atoms with Crippen LogP contribution < -0.4 is 10.6 Å². The van der Waals surface area contributed by atoms with Crippen molar-refractivity contribution in [3.8, 4) is 0 Å². The number of H-pyrrole nitrogens is 1. The third-order valence-electron chi connectivity index (χ3n) is 3.40. The Morgan fingerprint density at radius 3 is 2.71 bits per heavy atom. The van der Waals surface area contributed by atoms with Crippen LogP contribution in [0, 0.1) is 0 Å². The summed E-state index contributed by atoms with van der Waals surface area (Å²) in [7, 11) is 0. The van der Waals surface area contributed by atoms with Crippen molar-refractivity contribution in [3.05, 3.63) is 18.0 Å². The summed E-state index contributed by atoms with van der Waals surface area (Å²) >= 11 is 0. The Hall–Kier alpha value is -2.38. The Morgan fingerprint density at radius 1 is 1.48 bits per heavy atom. The van der Waals surface area contributed by atoms with Crippen LogP contribution in [-0.4, -0.2) is 45.0 Å². The Balaban J connectivity index is 1.85. The van der Waals surface area contributed by atoms with Crippen LogP contribution in [0.4, 0.5) is 4.79 Å². The highest BCUT2D eigenvalue weighted by molar-refractivity contribution is 6.06. The molecule has 8 nitrogen and oxygen atoms in total. The van der Waals surface area contributed by atoms with Gasteiger partial charge in [0.05, 0.1) is 12.2 Å². The van der Waals surface area contributed by atoms with Crippen LogP contribution in [0.2, 0.25) is 0 Å². The van der Waals surface area contributed by atoms with E-state index in [1.807, 2.05) is 6.92 Å². The van der Waals surface area contributed by atoms with Gasteiger partial charge in [0.25, 0.3) is 5.91 Å². The fourth-order valence-corrected chi connectivity index (χ4v) is 2.13. The molecule has 1 aliphatic heterocycles. The number of nitrogens with one attached hydrogen (secondary N) is 3. The average molecular weight is 293 g/mol. The maximum Gasteiger partial charge on any atom is 0.325 e. The molecule has 0 aromatic carbocycles. The van der Waals surface area contributed by atoms with Crippen molar-refractivity contribution in [2.24, 2.45) is 0 Å². The number of carbonyl (C=O) groups excluding carboxylic acids is 3. The molecule has 0 radical (unpaired) electrons. The summed E-state index contributed by atoms with van der Waals surface area (Å²) in [5.74, 6) is -0.544. The SMILES string of the molecule is CC(NC(=O)CCN1C(=O)NC(C)(C)C1=O)c1cn[nH]c1. The van der Waals surface area contributed by atoms with Crippen molar-refractivity contribution < 1.29 is 14.4 Å². The zero-order valence-electron chi connectivity index (χ0n) is 12.3. The number of hydrogen-bond donors (Lipinski definition) is 3. The lowest BCUT2D eigenvalue weighted by molar-refractivity contribution is -0.130. The van der Waals surface area contributed by atoms with Gasteiger partial charge < -0.3 is 10.6 Å². The maximum atomic E-state index is 12.0. The van der Waals surface area contributed by atoms with Crippen LogP contribution >= 0.6 is 0 Å². The highest BCUT2D eigenvalue weighted by Gasteiger charge is 2.43. The first kappa shape index (κ1) is 15.0. The van der Waals surface area contributed by atoms with Crippen molar-refractivity contribution in [2.45, 2.75) is 38.8 Å². The molecule has 0 saturated carbocycles. The molecule has 1 atom stereocenters. The summed E-state index contributed by atoms with van der Waals surface area (Å²) in [6, 6.07) is -0.642. The van der Waals surface area contributed by atoms with Gasteiger partial charge in [-0.3, -0.25) is 19.6 Å². The van der Waals surface area contributed by atoms with E-state index in [1.54, 1.807) is 26.2 Å². The lowest BCUT2D eigenvalue weighted by Crippen LogP contribution is -2.40. The molecular formula is C13H19N5O3. The molecule has 1 aromatic rings. The molecule has 0 bridgehead atoms. The van der Waals surface area contributed by atoms with Gasteiger partial charge in [0, 0.05) is 24.7 Å². The van der Waals surface area contributed by atoms with Crippen LogP contribution in [0.5, 0.6) is 0 Å². The van der Waals surface area contributed by atoms with E-state index in [0.717, 1.165) is 10.5 Å². The van der Waals surface area contributed by atoms with Crippen molar-refractivity contribution in [1.29, 1.82) is 0 Å². The van der Waals surface area contributed by atoms with Crippen molar-refractivity contribution >= 4 is 17.8 Å². The van der Waals surface area contributed by atoms with Crippen molar-refractivity contribution in [1.82, 2.24) is 25.7 Å². The minimum absolute atomic E-state index is 0.0669. The predicted molar refractivity (Wildman–Crippen MR) is 74.1 cm³/mol. The average Bonchev–Trinajstić information content (AvgIpc) is 2.97. The molecular weight excluding hydrogens is 274 g/mol. The second kappa shape index (κ2) is 5.55. The second-order valence-corrected chi connectivity index (χ2v) is 5.58. The van der Waals surface area contributed by atoms with Gasteiger partial charge in [-0.05, 0) is 20.8 Å². The van der Waals surface area contributed by atoms with E-state index in [2.05, 4.69) is 20.8 Å². The molecule has 1 saturated heterocycles. The largest absolute Gasteiger partial charge is 0.349 e. The molecule has 1 unspecified atom stereocenters. The molecule has 8 heteroatoms. The number of hydrogen-bond acceptors (Lipinski definition) is 4. The molecule has 3 N–H and O–H groups in total. The second-order valence-electron chi connectivity index (χ2n) is 5.58. The minimum atomic E-state index is -0.905. The molecule has 2 heterocycles. The predicted octanol–water partition coefficient (Wildman–Crippen LogP) is 0.307. The number of aromatic nitrogens is 2. The molecule has 0 spiro atoms. The fraction of sp³-hybridized carbons (Fsp3) is 0.538. The number of aromatic amines is 1. The Kier molecular flexibility index (Phi) is 3.97. The van der Waals surface area contributed by atoms with Crippen molar-refractivity contribution in [2.75, 3.05) is 6.54 Å². The topological polar surface area (TPSA) is 107 Å². The molecule has 114 valence electrons. The van der Waals surface area contributed by atoms with Gasteiger partial charge in [-0.25, -0.2) is 4.79 Å². The molecule has 1 aliphatic rings. The van der Waals surface area contributed by atoms with Crippen LogP contribution in [0.25, 0.3) is 0 Å². The molecule has 21 heavy (non-hydrogen) atoms. The third kappa shape index (κ3) is 3.21. The minimum Gasteiger partial charge on any atom is -0.349 e. The number of nitrogens with zero attached hydrogens (tertiary/aromatic N) is 2. The van der Waals surface area contributed by atoms with Gasteiger partial charge in [-0.15, -0.1) is 0 Å². The zero-order chi connectivity index (χ0) is 15.6. The molecule has 0 aliphatic carbocycles. The molecule has 2 rings (SSSR count). The number of urea groups is 1. The summed E-state index contributed by atoms with van der Waals surface area (Å²) < 4.78 is 0. The zero-order valence-corrected chi connectivity index (χ0v) is 12.3. The third-order valence-corrected chi connectivity index (χ3v) is 3.40. The van der Waals surface area contributed by atoms with Gasteiger partial charge in [-0.2, -0.15) is 5.10 Å². The van der Waals surface area contributed by atoms with E-state index in [1.165, 1.54) is 0 Å². The van der Waals surface area contributed by atoms with Gasteiger partial charge in [0.2, 0.25) is 5.91 Å². The van der Waals surface area contributed by atoms with E-state index in [0.29, 0.717) is 0 Å². The van der Waals surface area contributed by atoms with Gasteiger partial charge in [0.15, 0.2) is 0 Å². The highest BCUT2D eigenvalue weighted by atomic mass is 16.2. The van der Waals surface area contributed by atoms with Crippen LogP contribution in [0.1, 0.15) is 38.8 Å². The van der Waals surface area contributed by atoms with E-state index >= 15 is 0 Å². The number of amides is 4. The van der Waals surface area contributed by atoms with E-state index in [4.69, 9.17) is 0 Å². The number of carbonyl (C=O) groups is 3. The first-order valence-corrected chi connectivity index (χ1v) is 6.73. The standard InChI is InChI=1S/C13H19N5O3/c1-8(9-6-14-15-7-9)16-10(19)4-5-18-11(20)13(2,3)17-12(18)21/h6-8H,4-5H2,1-3H3,(H,14,15)(H,16,19)(H,17,21). The maximum absolute atomic E-state index is 12.0. The van der Waals surface area contributed by atoms with E-state index in [-0.39, 0.29) is 30.8 Å². The number of rotatable bonds is 5. The fourth-order valence-electron chi connectivity index (χ4n) is 2.13. The van der Waals surface area contributed by atoms with Crippen LogP contribution in [-0.2, 0) is 9.59 Å². The Bertz CT molecular complexity index is 552. The lowest BCUT2D eigenvalue weighted by atomic mass is 10.1. The van der Waals surface area contributed by atoms with Gasteiger partial charge in [-0.1, -0.05) is 0 Å². The highest BCUT2D eigenvalue weighted by Crippen LogP contribution is 2.17. The lowest BCUT2D eigenvalue weighted by Gasteiger charge is -2.16. The van der Waals surface area contributed by atoms with Crippen LogP contribution in [0.3, 0.4) is 0 Å². The Labute approximate surface area is 122 Å². The van der Waals surface area contributed by atoms with Crippen LogP contribution in [0.15, 0.2) is 12.4 Å². The smallest absolute Gasteiger partial charge is 0.325 e. The molecule has 4 amide bonds. The molecule has 1 fully saturated rings. The summed E-state index contributed by atoms with van der Waals surface area (Å²) in [6.07, 6.45) is 3.40.